The fraction of sp³-hybridized carbons (Fsp3) is 0.684. The molecule has 0 radical (unpaired) electrons. The van der Waals surface area contributed by atoms with Gasteiger partial charge in [-0.3, -0.25) is 0 Å². The summed E-state index contributed by atoms with van der Waals surface area (Å²) in [7, 11) is 0. The molecule has 1 aromatic rings. The van der Waals surface area contributed by atoms with E-state index in [0.717, 1.165) is 17.4 Å². The van der Waals surface area contributed by atoms with Gasteiger partial charge in [0.1, 0.15) is 0 Å². The molecule has 1 saturated carbocycles. The van der Waals surface area contributed by atoms with Crippen LogP contribution in [0.1, 0.15) is 88.2 Å². The maximum Gasteiger partial charge on any atom is 0.0438 e. The van der Waals surface area contributed by atoms with E-state index in [1.807, 2.05) is 0 Å². The molecule has 0 atom stereocenters. The standard InChI is InChI=1S/C19H29Cl/c1-2-3-4-7-12-18-15-17(13-14-19(18)20)16-10-8-5-6-9-11-16/h13-16H,2-12H2,1H3. The van der Waals surface area contributed by atoms with Gasteiger partial charge in [0.2, 0.25) is 0 Å². The van der Waals surface area contributed by atoms with Crippen molar-refractivity contribution in [1.29, 1.82) is 0 Å². The lowest BCUT2D eigenvalue weighted by atomic mass is 9.90. The van der Waals surface area contributed by atoms with Crippen LogP contribution in [-0.2, 0) is 6.42 Å². The van der Waals surface area contributed by atoms with Gasteiger partial charge in [0.25, 0.3) is 0 Å². The lowest BCUT2D eigenvalue weighted by molar-refractivity contribution is 0.591. The zero-order valence-corrected chi connectivity index (χ0v) is 13.7. The minimum Gasteiger partial charge on any atom is -0.0840 e. The third-order valence-corrected chi connectivity index (χ3v) is 5.06. The van der Waals surface area contributed by atoms with Crippen LogP contribution < -0.4 is 0 Å². The predicted octanol–water partition coefficient (Wildman–Crippen LogP) is 6.90. The Morgan fingerprint density at radius 2 is 1.75 bits per heavy atom. The summed E-state index contributed by atoms with van der Waals surface area (Å²) in [5.41, 5.74) is 2.92. The maximum absolute atomic E-state index is 6.38. The smallest absolute Gasteiger partial charge is 0.0438 e. The molecule has 1 aromatic carbocycles. The molecule has 0 amide bonds. The average Bonchev–Trinajstić information content (AvgIpc) is 2.74. The van der Waals surface area contributed by atoms with Crippen LogP contribution in [0.5, 0.6) is 0 Å². The van der Waals surface area contributed by atoms with Crippen LogP contribution in [-0.4, -0.2) is 0 Å². The van der Waals surface area contributed by atoms with Gasteiger partial charge in [-0.05, 0) is 48.8 Å². The summed E-state index contributed by atoms with van der Waals surface area (Å²) in [6.07, 6.45) is 14.8. The van der Waals surface area contributed by atoms with Gasteiger partial charge in [0, 0.05) is 5.02 Å². The quantitative estimate of drug-likeness (QED) is 0.395. The third-order valence-electron chi connectivity index (χ3n) is 4.70. The van der Waals surface area contributed by atoms with Crippen LogP contribution in [0.15, 0.2) is 18.2 Å². The minimum atomic E-state index is 0.782. The summed E-state index contributed by atoms with van der Waals surface area (Å²) in [5, 5.41) is 0.971. The number of unbranched alkanes of at least 4 members (excludes halogenated alkanes) is 3. The minimum absolute atomic E-state index is 0.782. The second-order valence-electron chi connectivity index (χ2n) is 6.35. The summed E-state index contributed by atoms with van der Waals surface area (Å²) in [4.78, 5) is 0. The highest BCUT2D eigenvalue weighted by atomic mass is 35.5. The van der Waals surface area contributed by atoms with E-state index in [0.29, 0.717) is 0 Å². The molecule has 0 spiro atoms. The number of hydrogen-bond donors (Lipinski definition) is 0. The van der Waals surface area contributed by atoms with Crippen molar-refractivity contribution in [1.82, 2.24) is 0 Å². The summed E-state index contributed by atoms with van der Waals surface area (Å²) in [5.74, 6) is 0.782. The molecule has 20 heavy (non-hydrogen) atoms. The topological polar surface area (TPSA) is 0 Å². The van der Waals surface area contributed by atoms with Crippen molar-refractivity contribution in [3.63, 3.8) is 0 Å². The summed E-state index contributed by atoms with van der Waals surface area (Å²) in [6.45, 7) is 2.26. The lowest BCUT2D eigenvalue weighted by Crippen LogP contribution is -1.99. The van der Waals surface area contributed by atoms with Crippen LogP contribution in [0, 0.1) is 0 Å². The number of aryl methyl sites for hydroxylation is 1. The highest BCUT2D eigenvalue weighted by Gasteiger charge is 2.15. The fourth-order valence-corrected chi connectivity index (χ4v) is 3.61. The van der Waals surface area contributed by atoms with Crippen LogP contribution in [0.4, 0.5) is 0 Å². The second kappa shape index (κ2) is 8.72. The van der Waals surface area contributed by atoms with Crippen LogP contribution >= 0.6 is 11.6 Å². The van der Waals surface area contributed by atoms with E-state index in [4.69, 9.17) is 11.6 Å². The van der Waals surface area contributed by atoms with Crippen molar-refractivity contribution in [3.05, 3.63) is 34.3 Å². The normalized spacial score (nSPS) is 17.1. The molecule has 0 heterocycles. The number of rotatable bonds is 6. The molecule has 0 N–H and O–H groups in total. The molecule has 112 valence electrons. The van der Waals surface area contributed by atoms with Gasteiger partial charge in [-0.2, -0.15) is 0 Å². The van der Waals surface area contributed by atoms with E-state index in [1.54, 1.807) is 5.56 Å². The highest BCUT2D eigenvalue weighted by molar-refractivity contribution is 6.31. The molecule has 0 aromatic heterocycles. The van der Waals surface area contributed by atoms with Gasteiger partial charge in [0.15, 0.2) is 0 Å². The molecule has 0 bridgehead atoms. The van der Waals surface area contributed by atoms with Crippen molar-refractivity contribution < 1.29 is 0 Å². The van der Waals surface area contributed by atoms with Crippen LogP contribution in [0.3, 0.4) is 0 Å². The maximum atomic E-state index is 6.38. The molecule has 1 aliphatic carbocycles. The molecule has 2 rings (SSSR count). The van der Waals surface area contributed by atoms with Gasteiger partial charge >= 0.3 is 0 Å². The number of hydrogen-bond acceptors (Lipinski definition) is 0. The van der Waals surface area contributed by atoms with Crippen LogP contribution in [0.25, 0.3) is 0 Å². The molecular weight excluding hydrogens is 264 g/mol. The van der Waals surface area contributed by atoms with E-state index in [-0.39, 0.29) is 0 Å². The molecule has 1 heteroatoms. The predicted molar refractivity (Wildman–Crippen MR) is 89.7 cm³/mol. The Balaban J connectivity index is 1.99. The van der Waals surface area contributed by atoms with Gasteiger partial charge in [-0.1, -0.05) is 75.6 Å². The Hall–Kier alpha value is -0.490. The summed E-state index contributed by atoms with van der Waals surface area (Å²) in [6, 6.07) is 6.81. The van der Waals surface area contributed by atoms with Crippen molar-refractivity contribution in [2.45, 2.75) is 83.5 Å². The van der Waals surface area contributed by atoms with Crippen LogP contribution in [0.2, 0.25) is 5.02 Å². The average molecular weight is 293 g/mol. The summed E-state index contributed by atoms with van der Waals surface area (Å²) >= 11 is 6.38. The Morgan fingerprint density at radius 3 is 2.45 bits per heavy atom. The second-order valence-corrected chi connectivity index (χ2v) is 6.76. The molecule has 1 fully saturated rings. The number of halogens is 1. The third kappa shape index (κ3) is 4.81. The monoisotopic (exact) mass is 292 g/mol. The molecular formula is C19H29Cl. The molecule has 0 nitrogen and oxygen atoms in total. The van der Waals surface area contributed by atoms with Gasteiger partial charge in [-0.25, -0.2) is 0 Å². The zero-order chi connectivity index (χ0) is 14.2. The number of benzene rings is 1. The molecule has 1 aliphatic rings. The first kappa shape index (κ1) is 15.9. The molecule has 0 aliphatic heterocycles. The molecule has 0 saturated heterocycles. The zero-order valence-electron chi connectivity index (χ0n) is 13.0. The van der Waals surface area contributed by atoms with Crippen molar-refractivity contribution in [2.75, 3.05) is 0 Å². The Bertz CT molecular complexity index is 389. The van der Waals surface area contributed by atoms with E-state index in [2.05, 4.69) is 25.1 Å². The molecule has 0 unspecified atom stereocenters. The van der Waals surface area contributed by atoms with E-state index in [9.17, 15) is 0 Å². The Morgan fingerprint density at radius 1 is 1.00 bits per heavy atom. The van der Waals surface area contributed by atoms with Gasteiger partial charge in [-0.15, -0.1) is 0 Å². The lowest BCUT2D eigenvalue weighted by Gasteiger charge is -2.16. The van der Waals surface area contributed by atoms with E-state index < -0.39 is 0 Å². The van der Waals surface area contributed by atoms with Gasteiger partial charge < -0.3 is 0 Å². The van der Waals surface area contributed by atoms with Gasteiger partial charge in [0.05, 0.1) is 0 Å². The largest absolute Gasteiger partial charge is 0.0840 e. The first-order chi connectivity index (χ1) is 9.81. The summed E-state index contributed by atoms with van der Waals surface area (Å²) < 4.78 is 0. The van der Waals surface area contributed by atoms with E-state index in [1.165, 1.54) is 69.8 Å². The SMILES string of the molecule is CCCCCCc1cc(C2CCCCCC2)ccc1Cl. The van der Waals surface area contributed by atoms with E-state index >= 15 is 0 Å². The van der Waals surface area contributed by atoms with Crippen molar-refractivity contribution in [2.24, 2.45) is 0 Å². The fourth-order valence-electron chi connectivity index (χ4n) is 3.40. The highest BCUT2D eigenvalue weighted by Crippen LogP contribution is 2.33. The first-order valence-electron chi connectivity index (χ1n) is 8.59. The first-order valence-corrected chi connectivity index (χ1v) is 8.97. The van der Waals surface area contributed by atoms with Crippen molar-refractivity contribution >= 4 is 11.6 Å². The Kier molecular flexibility index (Phi) is 6.93. The Labute approximate surface area is 129 Å². The van der Waals surface area contributed by atoms with Crippen molar-refractivity contribution in [3.8, 4) is 0 Å².